The van der Waals surface area contributed by atoms with E-state index in [2.05, 4.69) is 21.2 Å². The fraction of sp³-hybridized carbons (Fsp3) is 0.538. The largest absolute Gasteiger partial charge is 0.366 e. The minimum atomic E-state index is -0.551. The van der Waals surface area contributed by atoms with Crippen molar-refractivity contribution in [3.8, 4) is 0 Å². The molecule has 1 N–H and O–H groups in total. The molecule has 0 amide bonds. The molecule has 2 fully saturated rings. The van der Waals surface area contributed by atoms with Crippen LogP contribution < -0.4 is 10.2 Å². The quantitative estimate of drug-likeness (QED) is 0.844. The van der Waals surface area contributed by atoms with Gasteiger partial charge in [-0.15, -0.1) is 0 Å². The molecule has 1 saturated carbocycles. The lowest BCUT2D eigenvalue weighted by Crippen LogP contribution is -2.52. The van der Waals surface area contributed by atoms with Gasteiger partial charge in [0.2, 0.25) is 0 Å². The number of rotatable bonds is 2. The van der Waals surface area contributed by atoms with Crippen LogP contribution >= 0.6 is 15.9 Å². The fourth-order valence-electron chi connectivity index (χ4n) is 2.57. The molecule has 1 unspecified atom stereocenters. The number of hydrogen-bond acceptors (Lipinski definition) is 2. The first-order chi connectivity index (χ1) is 8.65. The summed E-state index contributed by atoms with van der Waals surface area (Å²) >= 11 is 3.12. The van der Waals surface area contributed by atoms with Gasteiger partial charge < -0.3 is 10.2 Å². The van der Waals surface area contributed by atoms with Crippen molar-refractivity contribution < 1.29 is 8.78 Å². The zero-order chi connectivity index (χ0) is 12.7. The fourth-order valence-corrected chi connectivity index (χ4v) is 2.90. The number of anilines is 1. The van der Waals surface area contributed by atoms with Crippen LogP contribution in [0.2, 0.25) is 0 Å². The Morgan fingerprint density at radius 1 is 1.22 bits per heavy atom. The molecule has 0 radical (unpaired) electrons. The van der Waals surface area contributed by atoms with E-state index in [1.54, 1.807) is 6.07 Å². The van der Waals surface area contributed by atoms with Crippen LogP contribution in [0, 0.1) is 17.6 Å². The van der Waals surface area contributed by atoms with Gasteiger partial charge in [0.05, 0.1) is 10.2 Å². The average Bonchev–Trinajstić information content (AvgIpc) is 3.18. The first kappa shape index (κ1) is 12.4. The van der Waals surface area contributed by atoms with Crippen molar-refractivity contribution in [3.05, 3.63) is 28.2 Å². The molecule has 0 spiro atoms. The Hall–Kier alpha value is -0.680. The summed E-state index contributed by atoms with van der Waals surface area (Å²) in [5.74, 6) is -0.294. The maximum Gasteiger partial charge on any atom is 0.149 e. The van der Waals surface area contributed by atoms with Crippen molar-refractivity contribution >= 4 is 21.6 Å². The van der Waals surface area contributed by atoms with Crippen molar-refractivity contribution in [2.45, 2.75) is 18.9 Å². The van der Waals surface area contributed by atoms with Crippen LogP contribution in [-0.4, -0.2) is 25.7 Å². The minimum Gasteiger partial charge on any atom is -0.366 e. The molecular weight excluding hydrogens is 302 g/mol. The third kappa shape index (κ3) is 2.38. The number of hydrogen-bond donors (Lipinski definition) is 1. The average molecular weight is 317 g/mol. The standard InChI is InChI=1S/C13H15BrF2N2/c14-9-5-13(11(16)6-10(9)15)18-4-3-17-12(7-18)8-1-2-8/h5-6,8,12,17H,1-4,7H2. The predicted molar refractivity (Wildman–Crippen MR) is 70.8 cm³/mol. The van der Waals surface area contributed by atoms with Gasteiger partial charge in [-0.25, -0.2) is 8.78 Å². The molecular formula is C13H15BrF2N2. The highest BCUT2D eigenvalue weighted by atomic mass is 79.9. The summed E-state index contributed by atoms with van der Waals surface area (Å²) < 4.78 is 27.4. The molecule has 2 aliphatic rings. The Morgan fingerprint density at radius 3 is 2.72 bits per heavy atom. The summed E-state index contributed by atoms with van der Waals surface area (Å²) in [6.45, 7) is 2.42. The van der Waals surface area contributed by atoms with Crippen LogP contribution in [-0.2, 0) is 0 Å². The summed E-state index contributed by atoms with van der Waals surface area (Å²) in [5.41, 5.74) is 0.496. The van der Waals surface area contributed by atoms with Gasteiger partial charge in [-0.3, -0.25) is 0 Å². The Kier molecular flexibility index (Phi) is 3.28. The molecule has 1 atom stereocenters. The molecule has 18 heavy (non-hydrogen) atoms. The number of piperazine rings is 1. The van der Waals surface area contributed by atoms with E-state index in [-0.39, 0.29) is 0 Å². The van der Waals surface area contributed by atoms with Gasteiger partial charge in [0.25, 0.3) is 0 Å². The highest BCUT2D eigenvalue weighted by Gasteiger charge is 2.34. The molecule has 98 valence electrons. The van der Waals surface area contributed by atoms with Gasteiger partial charge in [-0.2, -0.15) is 0 Å². The van der Waals surface area contributed by atoms with E-state index in [1.165, 1.54) is 12.8 Å². The summed E-state index contributed by atoms with van der Waals surface area (Å²) in [6, 6.07) is 2.94. The van der Waals surface area contributed by atoms with Crippen molar-refractivity contribution in [2.24, 2.45) is 5.92 Å². The second kappa shape index (κ2) is 4.78. The monoisotopic (exact) mass is 316 g/mol. The SMILES string of the molecule is Fc1cc(F)c(N2CCNC(C3CC3)C2)cc1Br. The summed E-state index contributed by atoms with van der Waals surface area (Å²) in [5, 5.41) is 3.48. The molecule has 1 aromatic rings. The normalized spacial score (nSPS) is 24.4. The zero-order valence-corrected chi connectivity index (χ0v) is 11.5. The number of halogens is 3. The van der Waals surface area contributed by atoms with E-state index in [9.17, 15) is 8.78 Å². The molecule has 2 nitrogen and oxygen atoms in total. The van der Waals surface area contributed by atoms with Gasteiger partial charge in [0.15, 0.2) is 0 Å². The summed E-state index contributed by atoms with van der Waals surface area (Å²) in [7, 11) is 0. The van der Waals surface area contributed by atoms with Gasteiger partial charge >= 0.3 is 0 Å². The Morgan fingerprint density at radius 2 is 2.00 bits per heavy atom. The van der Waals surface area contributed by atoms with Crippen LogP contribution in [0.5, 0.6) is 0 Å². The van der Waals surface area contributed by atoms with E-state index in [0.717, 1.165) is 31.6 Å². The van der Waals surface area contributed by atoms with Crippen LogP contribution in [0.3, 0.4) is 0 Å². The predicted octanol–water partition coefficient (Wildman–Crippen LogP) is 2.92. The van der Waals surface area contributed by atoms with Crippen molar-refractivity contribution in [2.75, 3.05) is 24.5 Å². The van der Waals surface area contributed by atoms with E-state index >= 15 is 0 Å². The highest BCUT2D eigenvalue weighted by Crippen LogP contribution is 2.35. The maximum atomic E-state index is 13.8. The third-order valence-electron chi connectivity index (χ3n) is 3.73. The molecule has 1 aliphatic heterocycles. The first-order valence-electron chi connectivity index (χ1n) is 6.28. The van der Waals surface area contributed by atoms with Crippen LogP contribution in [0.25, 0.3) is 0 Å². The number of nitrogens with one attached hydrogen (secondary N) is 1. The van der Waals surface area contributed by atoms with E-state index in [4.69, 9.17) is 0 Å². The molecule has 0 bridgehead atoms. The van der Waals surface area contributed by atoms with E-state index < -0.39 is 11.6 Å². The topological polar surface area (TPSA) is 15.3 Å². The molecule has 0 aromatic heterocycles. The van der Waals surface area contributed by atoms with E-state index in [1.807, 2.05) is 4.90 Å². The van der Waals surface area contributed by atoms with Gasteiger partial charge in [-0.1, -0.05) is 0 Å². The van der Waals surface area contributed by atoms with Gasteiger partial charge in [-0.05, 0) is 40.8 Å². The summed E-state index contributed by atoms with van der Waals surface area (Å²) in [6.07, 6.45) is 2.53. The van der Waals surface area contributed by atoms with Crippen molar-refractivity contribution in [3.63, 3.8) is 0 Å². The second-order valence-corrected chi connectivity index (χ2v) is 5.92. The lowest BCUT2D eigenvalue weighted by Gasteiger charge is -2.35. The third-order valence-corrected chi connectivity index (χ3v) is 4.33. The van der Waals surface area contributed by atoms with Crippen molar-refractivity contribution in [1.29, 1.82) is 0 Å². The Bertz CT molecular complexity index is 463. The molecule has 1 aromatic carbocycles. The highest BCUT2D eigenvalue weighted by molar-refractivity contribution is 9.10. The Balaban J connectivity index is 1.82. The smallest absolute Gasteiger partial charge is 0.149 e. The van der Waals surface area contributed by atoms with E-state index in [0.29, 0.717) is 16.2 Å². The maximum absolute atomic E-state index is 13.8. The van der Waals surface area contributed by atoms with Crippen molar-refractivity contribution in [1.82, 2.24) is 5.32 Å². The van der Waals surface area contributed by atoms with Crippen LogP contribution in [0.4, 0.5) is 14.5 Å². The molecule has 1 heterocycles. The molecule has 1 saturated heterocycles. The summed E-state index contributed by atoms with van der Waals surface area (Å²) in [4.78, 5) is 2.01. The lowest BCUT2D eigenvalue weighted by atomic mass is 10.1. The molecule has 1 aliphatic carbocycles. The minimum absolute atomic E-state index is 0.320. The van der Waals surface area contributed by atoms with Crippen LogP contribution in [0.1, 0.15) is 12.8 Å². The number of benzene rings is 1. The zero-order valence-electron chi connectivity index (χ0n) is 9.93. The van der Waals surface area contributed by atoms with Gasteiger partial charge in [0.1, 0.15) is 11.6 Å². The number of nitrogens with zero attached hydrogens (tertiary/aromatic N) is 1. The lowest BCUT2D eigenvalue weighted by molar-refractivity contribution is 0.415. The Labute approximate surface area is 113 Å². The molecule has 5 heteroatoms. The molecule has 3 rings (SSSR count). The van der Waals surface area contributed by atoms with Gasteiger partial charge in [0, 0.05) is 31.7 Å². The van der Waals surface area contributed by atoms with Crippen LogP contribution in [0.15, 0.2) is 16.6 Å². The second-order valence-electron chi connectivity index (χ2n) is 5.06. The first-order valence-corrected chi connectivity index (χ1v) is 7.07.